The first-order valence-corrected chi connectivity index (χ1v) is 7.74. The summed E-state index contributed by atoms with van der Waals surface area (Å²) in [4.78, 5) is 11.2. The van der Waals surface area contributed by atoms with Gasteiger partial charge in [-0.1, -0.05) is 24.6 Å². The summed E-state index contributed by atoms with van der Waals surface area (Å²) in [6.45, 7) is 4.19. The number of thiophene rings is 1. The van der Waals surface area contributed by atoms with Gasteiger partial charge in [0.25, 0.3) is 0 Å². The number of hydrogen-bond donors (Lipinski definition) is 1. The van der Waals surface area contributed by atoms with Crippen LogP contribution in [0, 0.1) is 6.92 Å². The van der Waals surface area contributed by atoms with Crippen LogP contribution in [-0.2, 0) is 6.42 Å². The second-order valence-corrected chi connectivity index (χ2v) is 5.92. The van der Waals surface area contributed by atoms with Gasteiger partial charge in [-0.3, -0.25) is 0 Å². The highest BCUT2D eigenvalue weighted by Gasteiger charge is 2.12. The van der Waals surface area contributed by atoms with E-state index in [-0.39, 0.29) is 0 Å². The molecule has 0 atom stereocenters. The fourth-order valence-corrected chi connectivity index (χ4v) is 2.98. The molecule has 21 heavy (non-hydrogen) atoms. The maximum Gasteiger partial charge on any atom is 0.232 e. The van der Waals surface area contributed by atoms with Crippen molar-refractivity contribution in [2.24, 2.45) is 0 Å². The molecule has 0 saturated heterocycles. The smallest absolute Gasteiger partial charge is 0.232 e. The van der Waals surface area contributed by atoms with E-state index in [1.165, 1.54) is 10.4 Å². The zero-order valence-corrected chi connectivity index (χ0v) is 13.1. The molecule has 0 fully saturated rings. The molecule has 3 rings (SSSR count). The largest absolute Gasteiger partial charge is 0.438 e. The van der Waals surface area contributed by atoms with Crippen LogP contribution in [0.3, 0.4) is 0 Å². The third-order valence-corrected chi connectivity index (χ3v) is 4.39. The zero-order valence-electron chi connectivity index (χ0n) is 12.3. The van der Waals surface area contributed by atoms with Crippen molar-refractivity contribution < 1.29 is 4.74 Å². The quantitative estimate of drug-likeness (QED) is 0.776. The van der Waals surface area contributed by atoms with Gasteiger partial charge >= 0.3 is 0 Å². The highest BCUT2D eigenvalue weighted by Crippen LogP contribution is 2.34. The van der Waals surface area contributed by atoms with Gasteiger partial charge in [0.15, 0.2) is 0 Å². The van der Waals surface area contributed by atoms with Crippen LogP contribution in [0.2, 0.25) is 0 Å². The molecule has 4 nitrogen and oxygen atoms in total. The van der Waals surface area contributed by atoms with E-state index in [0.717, 1.165) is 22.4 Å². The Morgan fingerprint density at radius 1 is 1.19 bits per heavy atom. The van der Waals surface area contributed by atoms with Gasteiger partial charge in [0, 0.05) is 11.9 Å². The minimum atomic E-state index is 0.578. The second-order valence-electron chi connectivity index (χ2n) is 4.80. The number of nitrogens with zero attached hydrogens (tertiary/aromatic N) is 2. The molecule has 1 aromatic carbocycles. The number of hydrogen-bond acceptors (Lipinski definition) is 5. The van der Waals surface area contributed by atoms with Gasteiger partial charge in [-0.25, -0.2) is 4.98 Å². The van der Waals surface area contributed by atoms with Gasteiger partial charge < -0.3 is 10.1 Å². The molecule has 0 aliphatic heterocycles. The van der Waals surface area contributed by atoms with Gasteiger partial charge in [0.2, 0.25) is 11.8 Å². The topological polar surface area (TPSA) is 47.0 Å². The summed E-state index contributed by atoms with van der Waals surface area (Å²) >= 11 is 1.68. The van der Waals surface area contributed by atoms with E-state index in [2.05, 4.69) is 35.2 Å². The van der Waals surface area contributed by atoms with Crippen LogP contribution in [0.4, 0.5) is 5.95 Å². The number of aryl methyl sites for hydroxylation is 2. The molecule has 108 valence electrons. The average Bonchev–Trinajstić information content (AvgIpc) is 2.92. The highest BCUT2D eigenvalue weighted by atomic mass is 32.1. The van der Waals surface area contributed by atoms with Gasteiger partial charge in [-0.15, -0.1) is 11.3 Å². The monoisotopic (exact) mass is 299 g/mol. The third-order valence-electron chi connectivity index (χ3n) is 3.22. The van der Waals surface area contributed by atoms with E-state index in [9.17, 15) is 0 Å². The number of rotatable bonds is 4. The lowest BCUT2D eigenvalue weighted by molar-refractivity contribution is 0.469. The Morgan fingerprint density at radius 3 is 2.62 bits per heavy atom. The normalized spacial score (nSPS) is 10.8. The second kappa shape index (κ2) is 5.69. The van der Waals surface area contributed by atoms with E-state index in [1.54, 1.807) is 11.3 Å². The molecular weight excluding hydrogens is 282 g/mol. The van der Waals surface area contributed by atoms with E-state index >= 15 is 0 Å². The van der Waals surface area contributed by atoms with E-state index < -0.39 is 0 Å². The number of benzene rings is 1. The van der Waals surface area contributed by atoms with Gasteiger partial charge in [-0.2, -0.15) is 4.98 Å². The van der Waals surface area contributed by atoms with Crippen molar-refractivity contribution in [2.75, 3.05) is 12.4 Å². The number of nitrogens with one attached hydrogen (secondary N) is 1. The van der Waals surface area contributed by atoms with Crippen molar-refractivity contribution in [1.82, 2.24) is 9.97 Å². The van der Waals surface area contributed by atoms with Crippen molar-refractivity contribution in [3.05, 3.63) is 40.8 Å². The van der Waals surface area contributed by atoms with Crippen LogP contribution in [-0.4, -0.2) is 17.0 Å². The van der Waals surface area contributed by atoms with Crippen molar-refractivity contribution in [1.29, 1.82) is 0 Å². The Kier molecular flexibility index (Phi) is 3.75. The Bertz CT molecular complexity index is 765. The van der Waals surface area contributed by atoms with Crippen LogP contribution < -0.4 is 10.1 Å². The van der Waals surface area contributed by atoms with Crippen LogP contribution in [0.25, 0.3) is 10.2 Å². The molecular formula is C16H17N3OS. The number of ether oxygens (including phenoxy) is 1. The molecule has 0 amide bonds. The summed E-state index contributed by atoms with van der Waals surface area (Å²) in [6, 6.07) is 10.1. The predicted molar refractivity (Wildman–Crippen MR) is 87.6 cm³/mol. The van der Waals surface area contributed by atoms with Crippen LogP contribution in [0.5, 0.6) is 11.6 Å². The minimum absolute atomic E-state index is 0.578. The number of aromatic nitrogens is 2. The van der Waals surface area contributed by atoms with Gasteiger partial charge in [0.05, 0.1) is 5.39 Å². The molecule has 2 heterocycles. The maximum absolute atomic E-state index is 5.96. The SMILES string of the molecule is CCc1cc2c(Oc3ccc(C)cc3)nc(NC)nc2s1. The third kappa shape index (κ3) is 2.83. The summed E-state index contributed by atoms with van der Waals surface area (Å²) in [5.41, 5.74) is 1.20. The molecule has 0 unspecified atom stereocenters. The standard InChI is InChI=1S/C16H17N3OS/c1-4-12-9-13-14(18-16(17-3)19-15(13)21-12)20-11-7-5-10(2)6-8-11/h5-9H,4H2,1-3H3,(H,17,18,19). The van der Waals surface area contributed by atoms with Crippen molar-refractivity contribution >= 4 is 27.5 Å². The van der Waals surface area contributed by atoms with Crippen molar-refractivity contribution in [2.45, 2.75) is 20.3 Å². The molecule has 0 aliphatic rings. The molecule has 0 spiro atoms. The summed E-state index contributed by atoms with van der Waals surface area (Å²) in [5.74, 6) is 1.96. The first-order chi connectivity index (χ1) is 10.2. The van der Waals surface area contributed by atoms with Gasteiger partial charge in [0.1, 0.15) is 10.6 Å². The van der Waals surface area contributed by atoms with E-state index in [0.29, 0.717) is 11.8 Å². The molecule has 0 bridgehead atoms. The average molecular weight is 299 g/mol. The first kappa shape index (κ1) is 13.8. The van der Waals surface area contributed by atoms with Crippen LogP contribution >= 0.6 is 11.3 Å². The Morgan fingerprint density at radius 2 is 1.95 bits per heavy atom. The minimum Gasteiger partial charge on any atom is -0.438 e. The number of fused-ring (bicyclic) bond motifs is 1. The van der Waals surface area contributed by atoms with E-state index in [1.807, 2.05) is 31.3 Å². The Hall–Kier alpha value is -2.14. The summed E-state index contributed by atoms with van der Waals surface area (Å²) in [6.07, 6.45) is 0.986. The predicted octanol–water partition coefficient (Wildman–Crippen LogP) is 4.40. The van der Waals surface area contributed by atoms with Crippen molar-refractivity contribution in [3.8, 4) is 11.6 Å². The maximum atomic E-state index is 5.96. The lowest BCUT2D eigenvalue weighted by Gasteiger charge is -2.07. The molecule has 3 aromatic rings. The fourth-order valence-electron chi connectivity index (χ4n) is 2.03. The van der Waals surface area contributed by atoms with Gasteiger partial charge in [-0.05, 0) is 31.5 Å². The fraction of sp³-hybridized carbons (Fsp3) is 0.250. The lowest BCUT2D eigenvalue weighted by atomic mass is 10.2. The Balaban J connectivity index is 2.06. The zero-order chi connectivity index (χ0) is 14.8. The summed E-state index contributed by atoms with van der Waals surface area (Å²) in [7, 11) is 1.81. The molecule has 1 N–H and O–H groups in total. The molecule has 0 radical (unpaired) electrons. The van der Waals surface area contributed by atoms with Crippen LogP contribution in [0.15, 0.2) is 30.3 Å². The first-order valence-electron chi connectivity index (χ1n) is 6.92. The highest BCUT2D eigenvalue weighted by molar-refractivity contribution is 7.18. The molecule has 5 heteroatoms. The molecule has 0 aliphatic carbocycles. The summed E-state index contributed by atoms with van der Waals surface area (Å²) < 4.78 is 5.96. The van der Waals surface area contributed by atoms with Crippen molar-refractivity contribution in [3.63, 3.8) is 0 Å². The van der Waals surface area contributed by atoms with E-state index in [4.69, 9.17) is 4.74 Å². The molecule has 0 saturated carbocycles. The summed E-state index contributed by atoms with van der Waals surface area (Å²) in [5, 5.41) is 3.96. The number of anilines is 1. The Labute approximate surface area is 127 Å². The van der Waals surface area contributed by atoms with Crippen LogP contribution in [0.1, 0.15) is 17.4 Å². The molecule has 2 aromatic heterocycles. The lowest BCUT2D eigenvalue weighted by Crippen LogP contribution is -1.98.